The summed E-state index contributed by atoms with van der Waals surface area (Å²) in [6.45, 7) is 2.58. The molecule has 0 saturated carbocycles. The molecule has 2 aliphatic rings. The topological polar surface area (TPSA) is 83.0 Å². The molecule has 11 heteroatoms. The van der Waals surface area contributed by atoms with E-state index >= 15 is 0 Å². The first-order valence-electron chi connectivity index (χ1n) is 8.68. The van der Waals surface area contributed by atoms with Crippen LogP contribution in [0.2, 0.25) is 0 Å². The zero-order valence-corrected chi connectivity index (χ0v) is 14.6. The molecule has 1 unspecified atom stereocenters. The molecule has 148 valence electrons. The molecule has 7 nitrogen and oxygen atoms in total. The van der Waals surface area contributed by atoms with Crippen LogP contribution >= 0.6 is 0 Å². The van der Waals surface area contributed by atoms with Crippen LogP contribution in [0.1, 0.15) is 17.9 Å². The van der Waals surface area contributed by atoms with Crippen LogP contribution in [0.3, 0.4) is 0 Å². The summed E-state index contributed by atoms with van der Waals surface area (Å²) in [5, 5.41) is 5.50. The number of anilines is 2. The predicted molar refractivity (Wildman–Crippen MR) is 92.3 cm³/mol. The summed E-state index contributed by atoms with van der Waals surface area (Å²) in [6, 6.07) is 2.28. The van der Waals surface area contributed by atoms with Gasteiger partial charge >= 0.3 is 6.18 Å². The number of hydrogen-bond donors (Lipinski definition) is 2. The largest absolute Gasteiger partial charge is 0.396 e. The Hall–Kier alpha value is -2.82. The molecule has 2 N–H and O–H groups in total. The van der Waals surface area contributed by atoms with E-state index in [1.165, 1.54) is 6.07 Å². The Morgan fingerprint density at radius 1 is 1.14 bits per heavy atom. The highest BCUT2D eigenvalue weighted by atomic mass is 19.4. The van der Waals surface area contributed by atoms with Crippen LogP contribution < -0.4 is 15.5 Å². The van der Waals surface area contributed by atoms with Gasteiger partial charge in [-0.3, -0.25) is 4.79 Å². The van der Waals surface area contributed by atoms with E-state index in [-0.39, 0.29) is 22.8 Å². The second-order valence-corrected chi connectivity index (χ2v) is 6.60. The van der Waals surface area contributed by atoms with Crippen LogP contribution in [-0.4, -0.2) is 53.2 Å². The minimum Gasteiger partial charge on any atom is -0.354 e. The van der Waals surface area contributed by atoms with Gasteiger partial charge in [-0.25, -0.2) is 19.3 Å². The average Bonchev–Trinajstić information content (AvgIpc) is 2.66. The number of alkyl halides is 3. The molecule has 2 aliphatic heterocycles. The van der Waals surface area contributed by atoms with E-state index < -0.39 is 30.2 Å². The first-order chi connectivity index (χ1) is 13.3. The fourth-order valence-electron chi connectivity index (χ4n) is 3.44. The van der Waals surface area contributed by atoms with Crippen LogP contribution in [0.5, 0.6) is 0 Å². The average molecular weight is 396 g/mol. The number of piperazine rings is 1. The maximum absolute atomic E-state index is 14.3. The molecular weight excluding hydrogens is 380 g/mol. The fraction of sp³-hybridized carbons (Fsp3) is 0.412. The van der Waals surface area contributed by atoms with Crippen molar-refractivity contribution in [3.8, 4) is 11.4 Å². The van der Waals surface area contributed by atoms with Crippen molar-refractivity contribution in [2.75, 3.05) is 36.4 Å². The fourth-order valence-corrected chi connectivity index (χ4v) is 3.44. The van der Waals surface area contributed by atoms with Crippen LogP contribution in [0.15, 0.2) is 18.5 Å². The zero-order chi connectivity index (χ0) is 19.9. The van der Waals surface area contributed by atoms with Gasteiger partial charge in [-0.1, -0.05) is 0 Å². The molecule has 4 heterocycles. The Morgan fingerprint density at radius 3 is 2.61 bits per heavy atom. The highest BCUT2D eigenvalue weighted by Crippen LogP contribution is 2.45. The summed E-state index contributed by atoms with van der Waals surface area (Å²) in [6.07, 6.45) is -4.43. The van der Waals surface area contributed by atoms with Crippen LogP contribution in [0.25, 0.3) is 11.4 Å². The summed E-state index contributed by atoms with van der Waals surface area (Å²) in [5.74, 6) is -3.40. The van der Waals surface area contributed by atoms with E-state index in [0.717, 1.165) is 12.4 Å². The number of fused-ring (bicyclic) bond motifs is 1. The minimum atomic E-state index is -4.68. The van der Waals surface area contributed by atoms with Gasteiger partial charge in [0.2, 0.25) is 5.91 Å². The lowest BCUT2D eigenvalue weighted by Crippen LogP contribution is -2.44. The highest BCUT2D eigenvalue weighted by molar-refractivity contribution is 5.95. The second-order valence-electron chi connectivity index (χ2n) is 6.60. The lowest BCUT2D eigenvalue weighted by Gasteiger charge is -2.29. The first kappa shape index (κ1) is 18.5. The standard InChI is InChI=1S/C17H16F4N6O/c18-9-5-11(25-12(6-9)27-3-1-22-2-4-27)15-14-10(17(19,20)21)7-13(28)26-16(14)24-8-23-15/h5-6,8,10,22H,1-4,7H2,(H,23,24,26,28). The molecule has 2 aromatic heterocycles. The number of pyridine rings is 1. The number of nitrogens with zero attached hydrogens (tertiary/aromatic N) is 4. The third-order valence-electron chi connectivity index (χ3n) is 4.74. The summed E-state index contributed by atoms with van der Waals surface area (Å²) >= 11 is 0. The molecule has 0 aliphatic carbocycles. The van der Waals surface area contributed by atoms with E-state index in [0.29, 0.717) is 32.0 Å². The Bertz CT molecular complexity index is 913. The molecule has 0 spiro atoms. The van der Waals surface area contributed by atoms with Gasteiger partial charge in [-0.2, -0.15) is 13.2 Å². The minimum absolute atomic E-state index is 0.0300. The number of carbonyl (C=O) groups is 1. The Kier molecular flexibility index (Phi) is 4.61. The lowest BCUT2D eigenvalue weighted by molar-refractivity contribution is -0.156. The molecule has 1 fully saturated rings. The van der Waals surface area contributed by atoms with Gasteiger partial charge in [-0.05, 0) is 0 Å². The van der Waals surface area contributed by atoms with Crippen molar-refractivity contribution in [1.29, 1.82) is 0 Å². The first-order valence-corrected chi connectivity index (χ1v) is 8.68. The van der Waals surface area contributed by atoms with Gasteiger partial charge in [0.1, 0.15) is 23.8 Å². The summed E-state index contributed by atoms with van der Waals surface area (Å²) < 4.78 is 55.1. The molecule has 0 bridgehead atoms. The molecule has 1 saturated heterocycles. The van der Waals surface area contributed by atoms with E-state index in [1.54, 1.807) is 0 Å². The number of nitrogens with one attached hydrogen (secondary N) is 2. The smallest absolute Gasteiger partial charge is 0.354 e. The van der Waals surface area contributed by atoms with Gasteiger partial charge < -0.3 is 15.5 Å². The van der Waals surface area contributed by atoms with E-state index in [9.17, 15) is 22.4 Å². The van der Waals surface area contributed by atoms with Crippen molar-refractivity contribution >= 4 is 17.5 Å². The lowest BCUT2D eigenvalue weighted by atomic mass is 9.89. The van der Waals surface area contributed by atoms with Gasteiger partial charge in [0.25, 0.3) is 0 Å². The van der Waals surface area contributed by atoms with Crippen molar-refractivity contribution < 1.29 is 22.4 Å². The quantitative estimate of drug-likeness (QED) is 0.757. The third-order valence-corrected chi connectivity index (χ3v) is 4.74. The maximum atomic E-state index is 14.3. The van der Waals surface area contributed by atoms with E-state index in [4.69, 9.17) is 0 Å². The molecule has 2 aromatic rings. The predicted octanol–water partition coefficient (Wildman–Crippen LogP) is 2.08. The number of amides is 1. The van der Waals surface area contributed by atoms with E-state index in [1.807, 2.05) is 4.90 Å². The van der Waals surface area contributed by atoms with Gasteiger partial charge in [-0.15, -0.1) is 0 Å². The summed E-state index contributed by atoms with van der Waals surface area (Å²) in [4.78, 5) is 25.6. The highest BCUT2D eigenvalue weighted by Gasteiger charge is 2.47. The summed E-state index contributed by atoms with van der Waals surface area (Å²) in [7, 11) is 0. The Labute approximate surface area is 157 Å². The second kappa shape index (κ2) is 6.97. The number of rotatable bonds is 2. The summed E-state index contributed by atoms with van der Waals surface area (Å²) in [5.41, 5.74) is -0.459. The molecule has 28 heavy (non-hydrogen) atoms. The number of halogens is 4. The van der Waals surface area contributed by atoms with Crippen LogP contribution in [0.4, 0.5) is 29.2 Å². The third kappa shape index (κ3) is 3.49. The monoisotopic (exact) mass is 396 g/mol. The number of hydrogen-bond acceptors (Lipinski definition) is 6. The molecule has 1 atom stereocenters. The molecule has 4 rings (SSSR count). The normalized spacial score (nSPS) is 19.9. The van der Waals surface area contributed by atoms with Crippen molar-refractivity contribution in [2.45, 2.75) is 18.5 Å². The zero-order valence-electron chi connectivity index (χ0n) is 14.6. The Morgan fingerprint density at radius 2 is 1.89 bits per heavy atom. The maximum Gasteiger partial charge on any atom is 0.396 e. The van der Waals surface area contributed by atoms with Crippen molar-refractivity contribution in [2.24, 2.45) is 0 Å². The molecular formula is C17H16F4N6O. The molecule has 0 aromatic carbocycles. The van der Waals surface area contributed by atoms with Gasteiger partial charge in [0, 0.05) is 50.3 Å². The Balaban J connectivity index is 1.83. The molecule has 1 amide bonds. The van der Waals surface area contributed by atoms with E-state index in [2.05, 4.69) is 25.6 Å². The van der Waals surface area contributed by atoms with Crippen LogP contribution in [0, 0.1) is 5.82 Å². The van der Waals surface area contributed by atoms with Crippen molar-refractivity contribution in [1.82, 2.24) is 20.3 Å². The number of aromatic nitrogens is 3. The van der Waals surface area contributed by atoms with Crippen LogP contribution in [-0.2, 0) is 4.79 Å². The van der Waals surface area contributed by atoms with Gasteiger partial charge in [0.15, 0.2) is 0 Å². The molecule has 0 radical (unpaired) electrons. The SMILES string of the molecule is O=C1CC(C(F)(F)F)c2c(ncnc2-c2cc(F)cc(N3CCNCC3)n2)N1. The van der Waals surface area contributed by atoms with Crippen molar-refractivity contribution in [3.05, 3.63) is 29.8 Å². The van der Waals surface area contributed by atoms with Crippen molar-refractivity contribution in [3.63, 3.8) is 0 Å². The number of carbonyl (C=O) groups excluding carboxylic acids is 1. The van der Waals surface area contributed by atoms with Gasteiger partial charge in [0.05, 0.1) is 17.3 Å².